The van der Waals surface area contributed by atoms with E-state index in [2.05, 4.69) is 27.5 Å². The van der Waals surface area contributed by atoms with Crippen molar-refractivity contribution in [2.45, 2.75) is 95.0 Å². The topological polar surface area (TPSA) is 190 Å². The van der Waals surface area contributed by atoms with E-state index in [4.69, 9.17) is 5.73 Å². The zero-order valence-corrected chi connectivity index (χ0v) is 28.0. The second-order valence-electron chi connectivity index (χ2n) is 13.7. The number of primary amides is 1. The van der Waals surface area contributed by atoms with E-state index in [1.54, 1.807) is 26.0 Å². The number of aliphatic hydroxyl groups is 1. The van der Waals surface area contributed by atoms with Gasteiger partial charge in [0.2, 0.25) is 17.6 Å². The lowest BCUT2D eigenvalue weighted by atomic mass is 9.84. The van der Waals surface area contributed by atoms with Crippen LogP contribution < -0.4 is 16.4 Å². The van der Waals surface area contributed by atoms with Gasteiger partial charge < -0.3 is 26.4 Å². The average molecular weight is 672 g/mol. The third-order valence-corrected chi connectivity index (χ3v) is 9.60. The van der Waals surface area contributed by atoms with Crippen LogP contribution in [0.15, 0.2) is 61.3 Å². The van der Waals surface area contributed by atoms with Crippen molar-refractivity contribution in [1.29, 1.82) is 0 Å². The van der Waals surface area contributed by atoms with E-state index in [-0.39, 0.29) is 25.3 Å². The first-order valence-electron chi connectivity index (χ1n) is 16.9. The van der Waals surface area contributed by atoms with Crippen LogP contribution >= 0.6 is 0 Å². The summed E-state index contributed by atoms with van der Waals surface area (Å²) in [5, 5.41) is 26.4. The number of nitrogens with zero attached hydrogens (tertiary/aromatic N) is 4. The van der Waals surface area contributed by atoms with Crippen LogP contribution in [-0.2, 0) is 24.8 Å². The highest BCUT2D eigenvalue weighted by Gasteiger charge is 2.45. The minimum atomic E-state index is -1.32. The van der Waals surface area contributed by atoms with E-state index in [1.165, 1.54) is 21.9 Å². The summed E-state index contributed by atoms with van der Waals surface area (Å²) in [7, 11) is 0. The summed E-state index contributed by atoms with van der Waals surface area (Å²) in [6, 6.07) is 9.17. The number of carbonyl (C=O) groups is 5. The molecule has 1 saturated carbocycles. The first-order chi connectivity index (χ1) is 23.4. The molecule has 3 aromatic rings. The minimum absolute atomic E-state index is 0.0201. The number of amides is 4. The van der Waals surface area contributed by atoms with E-state index in [1.807, 2.05) is 30.3 Å². The molecule has 5 N–H and O–H groups in total. The lowest BCUT2D eigenvalue weighted by molar-refractivity contribution is -0.142. The highest BCUT2D eigenvalue weighted by atomic mass is 16.3. The molecule has 2 aromatic carbocycles. The predicted molar refractivity (Wildman–Crippen MR) is 182 cm³/mol. The van der Waals surface area contributed by atoms with Crippen molar-refractivity contribution >= 4 is 40.2 Å². The van der Waals surface area contributed by atoms with Crippen LogP contribution in [0.1, 0.15) is 87.3 Å². The fraction of sp³-hybridized carbons (Fsp3) is 0.472. The third-order valence-electron chi connectivity index (χ3n) is 9.60. The van der Waals surface area contributed by atoms with Gasteiger partial charge in [0.05, 0.1) is 17.9 Å². The fourth-order valence-corrected chi connectivity index (χ4v) is 7.02. The quantitative estimate of drug-likeness (QED) is 0.158. The Labute approximate surface area is 285 Å². The molecule has 2 fully saturated rings. The number of ketones is 1. The summed E-state index contributed by atoms with van der Waals surface area (Å²) in [6.07, 6.45) is 8.28. The minimum Gasteiger partial charge on any atom is -0.384 e. The Hall–Kier alpha value is -4.91. The number of rotatable bonds is 13. The summed E-state index contributed by atoms with van der Waals surface area (Å²) >= 11 is 0. The van der Waals surface area contributed by atoms with E-state index in [0.29, 0.717) is 17.7 Å². The van der Waals surface area contributed by atoms with Gasteiger partial charge in [-0.3, -0.25) is 24.0 Å². The second kappa shape index (κ2) is 15.1. The van der Waals surface area contributed by atoms with Gasteiger partial charge in [0.15, 0.2) is 0 Å². The SMILES string of the molecule is C=CCC(NC(=O)[C@@H]1C[C@H](n2nncc2C(C)(C)O)CN1C(=O)C(CC1CCCCC1)NC(=O)c1ccc2ccccc2c1)C(=O)C(N)=O. The molecule has 1 aliphatic heterocycles. The number of benzene rings is 2. The molecular weight excluding hydrogens is 626 g/mol. The number of aromatic nitrogens is 3. The van der Waals surface area contributed by atoms with E-state index >= 15 is 0 Å². The van der Waals surface area contributed by atoms with Gasteiger partial charge in [0.25, 0.3) is 11.8 Å². The normalized spacial score (nSPS) is 19.6. The number of nitrogens with one attached hydrogen (secondary N) is 2. The molecule has 4 atom stereocenters. The number of carbonyl (C=O) groups excluding carboxylic acids is 5. The fourth-order valence-electron chi connectivity index (χ4n) is 7.02. The van der Waals surface area contributed by atoms with Crippen molar-refractivity contribution < 1.29 is 29.1 Å². The number of likely N-dealkylation sites (tertiary alicyclic amines) is 1. The van der Waals surface area contributed by atoms with Gasteiger partial charge in [-0.25, -0.2) is 4.68 Å². The van der Waals surface area contributed by atoms with Gasteiger partial charge in [-0.2, -0.15) is 0 Å². The van der Waals surface area contributed by atoms with E-state index in [9.17, 15) is 29.1 Å². The molecule has 1 saturated heterocycles. The summed E-state index contributed by atoms with van der Waals surface area (Å²) in [5.74, 6) is -3.51. The van der Waals surface area contributed by atoms with Crippen molar-refractivity contribution in [1.82, 2.24) is 30.5 Å². The Balaban J connectivity index is 1.47. The molecule has 1 aromatic heterocycles. The summed E-state index contributed by atoms with van der Waals surface area (Å²) in [5.41, 5.74) is 4.72. The molecule has 2 aliphatic rings. The predicted octanol–water partition coefficient (Wildman–Crippen LogP) is 2.68. The molecule has 13 heteroatoms. The second-order valence-corrected chi connectivity index (χ2v) is 13.7. The third kappa shape index (κ3) is 8.22. The van der Waals surface area contributed by atoms with Crippen molar-refractivity contribution in [2.75, 3.05) is 6.54 Å². The first-order valence-corrected chi connectivity index (χ1v) is 16.9. The Kier molecular flexibility index (Phi) is 10.9. The largest absolute Gasteiger partial charge is 0.384 e. The zero-order chi connectivity index (χ0) is 35.3. The number of fused-ring (bicyclic) bond motifs is 1. The Morgan fingerprint density at radius 3 is 2.43 bits per heavy atom. The van der Waals surface area contributed by atoms with Crippen LogP contribution in [0.25, 0.3) is 10.8 Å². The van der Waals surface area contributed by atoms with E-state index in [0.717, 1.165) is 42.9 Å². The highest BCUT2D eigenvalue weighted by molar-refractivity contribution is 6.37. The molecule has 13 nitrogen and oxygen atoms in total. The van der Waals surface area contributed by atoms with Crippen LogP contribution in [-0.4, -0.2) is 79.1 Å². The van der Waals surface area contributed by atoms with Crippen molar-refractivity contribution in [3.05, 3.63) is 72.6 Å². The standard InChI is InChI=1S/C36H45N7O6/c1-4-10-27(31(44)32(37)45)39-34(47)29-19-26(43-30(20-38-41-43)36(2,3)49)21-42(29)35(48)28(17-22-11-6-5-7-12-22)40-33(46)25-16-15-23-13-8-9-14-24(23)18-25/h4,8-9,13-16,18,20,22,26-29,49H,1,5-7,10-12,17,19,21H2,2-3H3,(H2,37,45)(H,39,47)(H,40,46)/t26-,27?,28?,29-/m0/s1. The number of nitrogens with two attached hydrogens (primary N) is 1. The van der Waals surface area contributed by atoms with Crippen LogP contribution in [0.4, 0.5) is 0 Å². The number of Topliss-reactive ketones (excluding diaryl/α,β-unsaturated/α-hetero) is 1. The molecule has 0 radical (unpaired) electrons. The van der Waals surface area contributed by atoms with Gasteiger partial charge in [0.1, 0.15) is 23.7 Å². The molecule has 2 heterocycles. The summed E-state index contributed by atoms with van der Waals surface area (Å²) < 4.78 is 1.51. The molecule has 0 bridgehead atoms. The maximum atomic E-state index is 14.6. The number of hydrogen-bond donors (Lipinski definition) is 4. The lowest BCUT2D eigenvalue weighted by Crippen LogP contribution is -2.56. The molecule has 4 amide bonds. The van der Waals surface area contributed by atoms with Crippen molar-refractivity contribution in [3.63, 3.8) is 0 Å². The Morgan fingerprint density at radius 1 is 1.04 bits per heavy atom. The molecule has 0 spiro atoms. The molecule has 260 valence electrons. The van der Waals surface area contributed by atoms with Crippen LogP contribution in [0, 0.1) is 5.92 Å². The molecule has 1 aliphatic carbocycles. The maximum Gasteiger partial charge on any atom is 0.287 e. The molecule has 49 heavy (non-hydrogen) atoms. The van der Waals surface area contributed by atoms with Crippen LogP contribution in [0.3, 0.4) is 0 Å². The summed E-state index contributed by atoms with van der Waals surface area (Å²) in [6.45, 7) is 6.80. The monoisotopic (exact) mass is 671 g/mol. The highest BCUT2D eigenvalue weighted by Crippen LogP contribution is 2.33. The summed E-state index contributed by atoms with van der Waals surface area (Å²) in [4.78, 5) is 68.0. The van der Waals surface area contributed by atoms with Gasteiger partial charge in [-0.1, -0.05) is 73.7 Å². The smallest absolute Gasteiger partial charge is 0.287 e. The van der Waals surface area contributed by atoms with Crippen molar-refractivity contribution in [2.24, 2.45) is 11.7 Å². The van der Waals surface area contributed by atoms with Gasteiger partial charge in [-0.15, -0.1) is 11.7 Å². The molecular formula is C36H45N7O6. The van der Waals surface area contributed by atoms with Gasteiger partial charge in [-0.05, 0) is 55.5 Å². The Bertz CT molecular complexity index is 1720. The van der Waals surface area contributed by atoms with Crippen molar-refractivity contribution in [3.8, 4) is 0 Å². The Morgan fingerprint density at radius 2 is 1.76 bits per heavy atom. The molecule has 2 unspecified atom stereocenters. The average Bonchev–Trinajstić information content (AvgIpc) is 3.76. The van der Waals surface area contributed by atoms with Crippen LogP contribution in [0.5, 0.6) is 0 Å². The van der Waals surface area contributed by atoms with E-state index < -0.39 is 59.2 Å². The lowest BCUT2D eigenvalue weighted by Gasteiger charge is -2.32. The van der Waals surface area contributed by atoms with Gasteiger partial charge in [0, 0.05) is 18.5 Å². The first kappa shape index (κ1) is 35.4. The molecule has 5 rings (SSSR count). The van der Waals surface area contributed by atoms with Crippen LogP contribution in [0.2, 0.25) is 0 Å². The zero-order valence-electron chi connectivity index (χ0n) is 28.0. The van der Waals surface area contributed by atoms with Gasteiger partial charge >= 0.3 is 0 Å². The number of hydrogen-bond acceptors (Lipinski definition) is 8. The maximum absolute atomic E-state index is 14.6.